The molecule has 0 aliphatic carbocycles. The third-order valence-electron chi connectivity index (χ3n) is 6.15. The molecule has 1 N–H and O–H groups in total. The highest BCUT2D eigenvalue weighted by Gasteiger charge is 2.33. The minimum Gasteiger partial charge on any atom is -0.444 e. The van der Waals surface area contributed by atoms with Gasteiger partial charge in [-0.05, 0) is 61.6 Å². The van der Waals surface area contributed by atoms with Crippen molar-refractivity contribution in [3.63, 3.8) is 0 Å². The summed E-state index contributed by atoms with van der Waals surface area (Å²) in [5.41, 5.74) is 4.90. The summed E-state index contributed by atoms with van der Waals surface area (Å²) in [6.45, 7) is 6.38. The van der Waals surface area contributed by atoms with Gasteiger partial charge in [-0.1, -0.05) is 72.0 Å². The standard InChI is InChI=1S/C29H29N3O3S/c1-29(2,3)35-28(34)32-16-15-23(18-32)26(33)31-27-30-24-14-13-22(17-25(24)36-27)21-11-9-20(10-12-21)19-7-5-4-6-8-19/h4-14,17,23H,15-16,18H2,1-3H3,(H,30,31,33)/t23-/m1/s1. The number of rotatable bonds is 4. The van der Waals surface area contributed by atoms with Gasteiger partial charge in [-0.25, -0.2) is 9.78 Å². The lowest BCUT2D eigenvalue weighted by atomic mass is 10.0. The number of amides is 2. The lowest BCUT2D eigenvalue weighted by molar-refractivity contribution is -0.119. The van der Waals surface area contributed by atoms with Crippen LogP contribution >= 0.6 is 11.3 Å². The Morgan fingerprint density at radius 2 is 1.58 bits per heavy atom. The van der Waals surface area contributed by atoms with Gasteiger partial charge in [0.2, 0.25) is 5.91 Å². The number of ether oxygens (including phenoxy) is 1. The highest BCUT2D eigenvalue weighted by molar-refractivity contribution is 7.22. The molecular formula is C29H29N3O3S. The number of anilines is 1. The van der Waals surface area contributed by atoms with Crippen molar-refractivity contribution in [2.75, 3.05) is 18.4 Å². The number of hydrogen-bond acceptors (Lipinski definition) is 5. The molecule has 0 spiro atoms. The quantitative estimate of drug-likeness (QED) is 0.334. The first kappa shape index (κ1) is 24.0. The van der Waals surface area contributed by atoms with Crippen molar-refractivity contribution >= 4 is 38.7 Å². The predicted octanol–water partition coefficient (Wildman–Crippen LogP) is 6.83. The summed E-state index contributed by atoms with van der Waals surface area (Å²) in [6.07, 6.45) is 0.237. The molecule has 4 aromatic rings. The van der Waals surface area contributed by atoms with Gasteiger partial charge >= 0.3 is 6.09 Å². The number of carbonyl (C=O) groups excluding carboxylic acids is 2. The first-order valence-electron chi connectivity index (χ1n) is 12.1. The average Bonchev–Trinajstić information content (AvgIpc) is 3.50. The minimum atomic E-state index is -0.554. The van der Waals surface area contributed by atoms with E-state index in [1.807, 2.05) is 45.0 Å². The Kier molecular flexibility index (Phi) is 6.49. The Balaban J connectivity index is 1.25. The second kappa shape index (κ2) is 9.74. The van der Waals surface area contributed by atoms with Gasteiger partial charge in [0.1, 0.15) is 5.60 Å². The van der Waals surface area contributed by atoms with E-state index in [9.17, 15) is 9.59 Å². The average molecular weight is 500 g/mol. The van der Waals surface area contributed by atoms with Gasteiger partial charge in [-0.15, -0.1) is 0 Å². The number of thiazole rings is 1. The van der Waals surface area contributed by atoms with Crippen molar-refractivity contribution < 1.29 is 14.3 Å². The van der Waals surface area contributed by atoms with Crippen LogP contribution in [0, 0.1) is 5.92 Å². The Bertz CT molecular complexity index is 1390. The Hall–Kier alpha value is -3.71. The third-order valence-corrected chi connectivity index (χ3v) is 7.09. The Labute approximate surface area is 214 Å². The third kappa shape index (κ3) is 5.41. The predicted molar refractivity (Wildman–Crippen MR) is 145 cm³/mol. The van der Waals surface area contributed by atoms with Gasteiger partial charge in [0, 0.05) is 13.1 Å². The molecule has 6 nitrogen and oxygen atoms in total. The van der Waals surface area contributed by atoms with E-state index in [0.29, 0.717) is 24.6 Å². The fourth-order valence-electron chi connectivity index (χ4n) is 4.32. The summed E-state index contributed by atoms with van der Waals surface area (Å²) in [7, 11) is 0. The van der Waals surface area contributed by atoms with Crippen molar-refractivity contribution in [2.24, 2.45) is 5.92 Å². The van der Waals surface area contributed by atoms with E-state index >= 15 is 0 Å². The van der Waals surface area contributed by atoms with Crippen LogP contribution in [0.4, 0.5) is 9.93 Å². The molecule has 36 heavy (non-hydrogen) atoms. The van der Waals surface area contributed by atoms with Crippen LogP contribution < -0.4 is 5.32 Å². The number of likely N-dealkylation sites (tertiary alicyclic amines) is 1. The summed E-state index contributed by atoms with van der Waals surface area (Å²) >= 11 is 1.46. The summed E-state index contributed by atoms with van der Waals surface area (Å²) in [5.74, 6) is -0.389. The number of aromatic nitrogens is 1. The molecule has 5 rings (SSSR count). The summed E-state index contributed by atoms with van der Waals surface area (Å²) < 4.78 is 6.44. The van der Waals surface area contributed by atoms with Crippen LogP contribution in [0.1, 0.15) is 27.2 Å². The van der Waals surface area contributed by atoms with Crippen molar-refractivity contribution in [1.82, 2.24) is 9.88 Å². The molecule has 1 fully saturated rings. The number of fused-ring (bicyclic) bond motifs is 1. The van der Waals surface area contributed by atoms with E-state index in [-0.39, 0.29) is 17.9 Å². The van der Waals surface area contributed by atoms with E-state index < -0.39 is 5.60 Å². The molecule has 0 saturated carbocycles. The highest BCUT2D eigenvalue weighted by Crippen LogP contribution is 2.32. The molecular weight excluding hydrogens is 470 g/mol. The second-order valence-corrected chi connectivity index (χ2v) is 11.1. The SMILES string of the molecule is CC(C)(C)OC(=O)N1CC[C@@H](C(=O)Nc2nc3ccc(-c4ccc(-c5ccccc5)cc4)cc3s2)C1. The molecule has 1 aliphatic heterocycles. The smallest absolute Gasteiger partial charge is 0.410 e. The molecule has 1 atom stereocenters. The van der Waals surface area contributed by atoms with Crippen LogP contribution in [0.15, 0.2) is 72.8 Å². The number of carbonyl (C=O) groups is 2. The van der Waals surface area contributed by atoms with Crippen molar-refractivity contribution in [1.29, 1.82) is 0 Å². The van der Waals surface area contributed by atoms with E-state index in [1.54, 1.807) is 4.90 Å². The van der Waals surface area contributed by atoms with Crippen LogP contribution in [-0.4, -0.2) is 40.6 Å². The van der Waals surface area contributed by atoms with Crippen molar-refractivity contribution in [3.8, 4) is 22.3 Å². The van der Waals surface area contributed by atoms with Crippen LogP contribution in [0.2, 0.25) is 0 Å². The summed E-state index contributed by atoms with van der Waals surface area (Å²) in [4.78, 5) is 31.4. The number of nitrogens with one attached hydrogen (secondary N) is 1. The molecule has 3 aromatic carbocycles. The topological polar surface area (TPSA) is 71.5 Å². The highest BCUT2D eigenvalue weighted by atomic mass is 32.1. The van der Waals surface area contributed by atoms with E-state index in [1.165, 1.54) is 22.5 Å². The van der Waals surface area contributed by atoms with E-state index in [0.717, 1.165) is 21.3 Å². The molecule has 0 unspecified atom stereocenters. The van der Waals surface area contributed by atoms with Crippen LogP contribution in [0.25, 0.3) is 32.5 Å². The maximum atomic E-state index is 12.9. The fraction of sp³-hybridized carbons (Fsp3) is 0.276. The van der Waals surface area contributed by atoms with E-state index in [4.69, 9.17) is 4.74 Å². The number of nitrogens with zero attached hydrogens (tertiary/aromatic N) is 2. The second-order valence-electron chi connectivity index (χ2n) is 10.0. The van der Waals surface area contributed by atoms with Gasteiger partial charge < -0.3 is 15.0 Å². The first-order valence-corrected chi connectivity index (χ1v) is 12.9. The van der Waals surface area contributed by atoms with E-state index in [2.05, 4.69) is 58.8 Å². The molecule has 2 amide bonds. The maximum absolute atomic E-state index is 12.9. The first-order chi connectivity index (χ1) is 17.2. The van der Waals surface area contributed by atoms with Gasteiger partial charge in [-0.3, -0.25) is 4.79 Å². The zero-order valence-corrected chi connectivity index (χ0v) is 21.5. The van der Waals surface area contributed by atoms with Gasteiger partial charge in [0.25, 0.3) is 0 Å². The van der Waals surface area contributed by atoms with Crippen LogP contribution in [0.3, 0.4) is 0 Å². The van der Waals surface area contributed by atoms with Crippen molar-refractivity contribution in [2.45, 2.75) is 32.8 Å². The molecule has 7 heteroatoms. The monoisotopic (exact) mass is 499 g/mol. The minimum absolute atomic E-state index is 0.114. The van der Waals surface area contributed by atoms with Crippen LogP contribution in [0.5, 0.6) is 0 Å². The van der Waals surface area contributed by atoms with Gasteiger partial charge in [-0.2, -0.15) is 0 Å². The normalized spacial score (nSPS) is 15.8. The van der Waals surface area contributed by atoms with Gasteiger partial charge in [0.05, 0.1) is 16.1 Å². The lowest BCUT2D eigenvalue weighted by Crippen LogP contribution is -2.36. The van der Waals surface area contributed by atoms with Crippen molar-refractivity contribution in [3.05, 3.63) is 72.8 Å². The molecule has 0 radical (unpaired) electrons. The number of benzene rings is 3. The van der Waals surface area contributed by atoms with Gasteiger partial charge in [0.15, 0.2) is 5.13 Å². The maximum Gasteiger partial charge on any atom is 0.410 e. The molecule has 0 bridgehead atoms. The zero-order chi connectivity index (χ0) is 25.3. The Morgan fingerprint density at radius 1 is 0.944 bits per heavy atom. The fourth-order valence-corrected chi connectivity index (χ4v) is 5.23. The molecule has 1 aromatic heterocycles. The molecule has 184 valence electrons. The largest absolute Gasteiger partial charge is 0.444 e. The zero-order valence-electron chi connectivity index (χ0n) is 20.7. The molecule has 1 saturated heterocycles. The Morgan fingerprint density at radius 3 is 2.28 bits per heavy atom. The number of hydrogen-bond donors (Lipinski definition) is 1. The lowest BCUT2D eigenvalue weighted by Gasteiger charge is -2.24. The van der Waals surface area contributed by atoms with Crippen LogP contribution in [-0.2, 0) is 9.53 Å². The summed E-state index contributed by atoms with van der Waals surface area (Å²) in [6, 6.07) is 25.0. The summed E-state index contributed by atoms with van der Waals surface area (Å²) in [5, 5.41) is 3.53. The molecule has 2 heterocycles. The molecule has 1 aliphatic rings.